The third-order valence-electron chi connectivity index (χ3n) is 2.12. The van der Waals surface area contributed by atoms with Gasteiger partial charge in [-0.2, -0.15) is 11.8 Å². The summed E-state index contributed by atoms with van der Waals surface area (Å²) in [5.74, 6) is -1.35. The number of aliphatic carboxylic acids is 1. The van der Waals surface area contributed by atoms with Crippen LogP contribution in [0, 0.1) is 0 Å². The van der Waals surface area contributed by atoms with Crippen molar-refractivity contribution in [3.63, 3.8) is 0 Å². The van der Waals surface area contributed by atoms with Crippen LogP contribution in [0.1, 0.15) is 16.9 Å². The van der Waals surface area contributed by atoms with E-state index in [9.17, 15) is 14.4 Å². The quantitative estimate of drug-likeness (QED) is 0.734. The van der Waals surface area contributed by atoms with Gasteiger partial charge in [0.05, 0.1) is 12.2 Å². The number of carboxylic acids is 1. The van der Waals surface area contributed by atoms with E-state index < -0.39 is 17.8 Å². The van der Waals surface area contributed by atoms with E-state index in [0.717, 1.165) is 0 Å². The Balaban J connectivity index is 2.30. The molecule has 0 saturated heterocycles. The number of aromatic nitrogens is 1. The molecule has 0 aliphatic rings. The number of hydrogen-bond donors (Lipinski definition) is 2. The lowest BCUT2D eigenvalue weighted by Crippen LogP contribution is -2.33. The van der Waals surface area contributed by atoms with Crippen molar-refractivity contribution in [2.24, 2.45) is 7.05 Å². The van der Waals surface area contributed by atoms with Gasteiger partial charge in [-0.25, -0.2) is 0 Å². The number of carboxylic acid groups (broad SMARTS) is 1. The Morgan fingerprint density at radius 2 is 2.17 bits per heavy atom. The van der Waals surface area contributed by atoms with Crippen LogP contribution in [0.25, 0.3) is 0 Å². The first-order chi connectivity index (χ1) is 8.50. The Labute approximate surface area is 108 Å². The summed E-state index contributed by atoms with van der Waals surface area (Å²) in [7, 11) is 1.71. The molecule has 0 fully saturated rings. The molecular formula is C11H14N2O4S. The second-order valence-corrected chi connectivity index (χ2v) is 4.68. The van der Waals surface area contributed by atoms with Crippen LogP contribution in [-0.2, 0) is 16.6 Å². The number of hydrogen-bond acceptors (Lipinski definition) is 4. The van der Waals surface area contributed by atoms with Gasteiger partial charge in [-0.3, -0.25) is 19.7 Å². The van der Waals surface area contributed by atoms with Crippen molar-refractivity contribution in [1.82, 2.24) is 9.88 Å². The number of nitrogens with one attached hydrogen (secondary N) is 1. The highest BCUT2D eigenvalue weighted by Gasteiger charge is 2.12. The van der Waals surface area contributed by atoms with Crippen molar-refractivity contribution < 1.29 is 19.5 Å². The summed E-state index contributed by atoms with van der Waals surface area (Å²) < 4.78 is 1.61. The van der Waals surface area contributed by atoms with Crippen molar-refractivity contribution in [2.75, 3.05) is 11.5 Å². The first-order valence-corrected chi connectivity index (χ1v) is 6.41. The van der Waals surface area contributed by atoms with Crippen LogP contribution >= 0.6 is 11.8 Å². The average Bonchev–Trinajstić information content (AvgIpc) is 2.70. The van der Waals surface area contributed by atoms with Gasteiger partial charge in [-0.1, -0.05) is 0 Å². The number of imide groups is 1. The van der Waals surface area contributed by atoms with E-state index in [-0.39, 0.29) is 12.2 Å². The SMILES string of the molecule is Cn1cccc1C(=O)NC(=O)CSCCC(=O)O. The number of amides is 2. The standard InChI is InChI=1S/C11H14N2O4S/c1-13-5-2-3-8(13)11(17)12-9(14)7-18-6-4-10(15)16/h2-3,5H,4,6-7H2,1H3,(H,15,16)(H,12,14,17). The Hall–Kier alpha value is -1.76. The molecule has 0 bridgehead atoms. The molecule has 0 spiro atoms. The Kier molecular flexibility index (Phi) is 5.44. The van der Waals surface area contributed by atoms with E-state index in [1.807, 2.05) is 0 Å². The van der Waals surface area contributed by atoms with Gasteiger partial charge in [-0.05, 0) is 12.1 Å². The normalized spacial score (nSPS) is 10.1. The summed E-state index contributed by atoms with van der Waals surface area (Å²) in [4.78, 5) is 33.3. The van der Waals surface area contributed by atoms with Crippen molar-refractivity contribution in [3.8, 4) is 0 Å². The molecule has 0 saturated carbocycles. The van der Waals surface area contributed by atoms with Gasteiger partial charge in [0.2, 0.25) is 5.91 Å². The molecule has 2 amide bonds. The lowest BCUT2D eigenvalue weighted by molar-refractivity contribution is -0.136. The highest BCUT2D eigenvalue weighted by atomic mass is 32.2. The molecule has 6 nitrogen and oxygen atoms in total. The van der Waals surface area contributed by atoms with Crippen LogP contribution in [-0.4, -0.2) is 39.0 Å². The molecule has 98 valence electrons. The first-order valence-electron chi connectivity index (χ1n) is 5.25. The van der Waals surface area contributed by atoms with E-state index in [0.29, 0.717) is 11.4 Å². The molecule has 7 heteroatoms. The summed E-state index contributed by atoms with van der Waals surface area (Å²) in [5.41, 5.74) is 0.402. The predicted molar refractivity (Wildman–Crippen MR) is 67.5 cm³/mol. The average molecular weight is 270 g/mol. The van der Waals surface area contributed by atoms with Gasteiger partial charge in [0.15, 0.2) is 0 Å². The van der Waals surface area contributed by atoms with Crippen LogP contribution < -0.4 is 5.32 Å². The summed E-state index contributed by atoms with van der Waals surface area (Å²) in [6, 6.07) is 3.32. The van der Waals surface area contributed by atoms with Crippen molar-refractivity contribution in [2.45, 2.75) is 6.42 Å². The molecule has 1 rings (SSSR count). The zero-order valence-corrected chi connectivity index (χ0v) is 10.7. The lowest BCUT2D eigenvalue weighted by atomic mass is 10.4. The van der Waals surface area contributed by atoms with E-state index in [1.165, 1.54) is 11.8 Å². The second-order valence-electron chi connectivity index (χ2n) is 3.58. The van der Waals surface area contributed by atoms with Crippen LogP contribution in [0.5, 0.6) is 0 Å². The number of thioether (sulfide) groups is 1. The minimum absolute atomic E-state index is 0.00367. The van der Waals surface area contributed by atoms with Gasteiger partial charge in [-0.15, -0.1) is 0 Å². The fraction of sp³-hybridized carbons (Fsp3) is 0.364. The molecule has 1 aromatic rings. The van der Waals surface area contributed by atoms with E-state index >= 15 is 0 Å². The largest absolute Gasteiger partial charge is 0.481 e. The number of carbonyl (C=O) groups is 3. The Morgan fingerprint density at radius 1 is 1.44 bits per heavy atom. The van der Waals surface area contributed by atoms with Crippen LogP contribution in [0.4, 0.5) is 0 Å². The van der Waals surface area contributed by atoms with Crippen LogP contribution in [0.3, 0.4) is 0 Å². The highest BCUT2D eigenvalue weighted by Crippen LogP contribution is 2.03. The molecule has 2 N–H and O–H groups in total. The molecule has 0 radical (unpaired) electrons. The third kappa shape index (κ3) is 4.62. The van der Waals surface area contributed by atoms with Crippen LogP contribution in [0.15, 0.2) is 18.3 Å². The Morgan fingerprint density at radius 3 is 2.72 bits per heavy atom. The summed E-state index contributed by atoms with van der Waals surface area (Å²) >= 11 is 1.18. The van der Waals surface area contributed by atoms with Gasteiger partial charge < -0.3 is 9.67 Å². The summed E-state index contributed by atoms with van der Waals surface area (Å²) in [6.45, 7) is 0. The Bertz CT molecular complexity index is 456. The maximum Gasteiger partial charge on any atom is 0.304 e. The monoisotopic (exact) mass is 270 g/mol. The summed E-state index contributed by atoms with van der Waals surface area (Å²) in [5, 5.41) is 10.7. The number of aryl methyl sites for hydroxylation is 1. The number of nitrogens with zero attached hydrogens (tertiary/aromatic N) is 1. The molecule has 1 aromatic heterocycles. The van der Waals surface area contributed by atoms with E-state index in [1.54, 1.807) is 29.9 Å². The molecule has 18 heavy (non-hydrogen) atoms. The second kappa shape index (κ2) is 6.85. The van der Waals surface area contributed by atoms with Gasteiger partial charge >= 0.3 is 5.97 Å². The maximum absolute atomic E-state index is 11.6. The van der Waals surface area contributed by atoms with Crippen molar-refractivity contribution in [3.05, 3.63) is 24.0 Å². The minimum Gasteiger partial charge on any atom is -0.481 e. The number of carbonyl (C=O) groups excluding carboxylic acids is 2. The maximum atomic E-state index is 11.6. The van der Waals surface area contributed by atoms with Gasteiger partial charge in [0.1, 0.15) is 5.69 Å². The topological polar surface area (TPSA) is 88.4 Å². The molecule has 0 unspecified atom stereocenters. The first kappa shape index (κ1) is 14.3. The third-order valence-corrected chi connectivity index (χ3v) is 3.08. The molecular weight excluding hydrogens is 256 g/mol. The van der Waals surface area contributed by atoms with Gasteiger partial charge in [0, 0.05) is 19.0 Å². The van der Waals surface area contributed by atoms with E-state index in [4.69, 9.17) is 5.11 Å². The molecule has 1 heterocycles. The highest BCUT2D eigenvalue weighted by molar-refractivity contribution is 7.99. The minimum atomic E-state index is -0.900. The molecule has 0 aromatic carbocycles. The fourth-order valence-electron chi connectivity index (χ4n) is 1.25. The molecule has 0 atom stereocenters. The fourth-order valence-corrected chi connectivity index (χ4v) is 1.97. The van der Waals surface area contributed by atoms with Crippen LogP contribution in [0.2, 0.25) is 0 Å². The summed E-state index contributed by atoms with van der Waals surface area (Å²) in [6.07, 6.45) is 1.71. The predicted octanol–water partition coefficient (Wildman–Crippen LogP) is 0.489. The zero-order valence-electron chi connectivity index (χ0n) is 9.88. The lowest BCUT2D eigenvalue weighted by Gasteiger charge is -2.04. The van der Waals surface area contributed by atoms with E-state index in [2.05, 4.69) is 5.32 Å². The van der Waals surface area contributed by atoms with Crippen molar-refractivity contribution in [1.29, 1.82) is 0 Å². The molecule has 0 aliphatic heterocycles. The smallest absolute Gasteiger partial charge is 0.304 e. The number of rotatable bonds is 6. The molecule has 0 aliphatic carbocycles. The zero-order chi connectivity index (χ0) is 13.5. The van der Waals surface area contributed by atoms with Crippen molar-refractivity contribution >= 4 is 29.5 Å². The van der Waals surface area contributed by atoms with Gasteiger partial charge in [0.25, 0.3) is 5.91 Å².